The Balaban J connectivity index is 1.90. The van der Waals surface area contributed by atoms with E-state index >= 15 is 0 Å². The Morgan fingerprint density at radius 2 is 2.12 bits per heavy atom. The summed E-state index contributed by atoms with van der Waals surface area (Å²) < 4.78 is 16.4. The van der Waals surface area contributed by atoms with Crippen molar-refractivity contribution in [1.29, 1.82) is 0 Å². The van der Waals surface area contributed by atoms with E-state index in [1.54, 1.807) is 12.3 Å². The van der Waals surface area contributed by atoms with E-state index in [0.29, 0.717) is 48.4 Å². The number of fused-ring (bicyclic) bond motifs is 1. The molecule has 9 nitrogen and oxygen atoms in total. The standard InChI is InChI=1S/C14H19N4O5P/c1-23-11-6-10-7-15-17-14(19)12(10)13(16-11)18-4-2-9(3-5-18)8-24(20,21)22/h6-7,9H,2-5,8H2,1H3,(H,17,19)(H2,20,21,22). The lowest BCUT2D eigenvalue weighted by Crippen LogP contribution is -2.36. The summed E-state index contributed by atoms with van der Waals surface area (Å²) in [5.41, 5.74) is -0.324. The van der Waals surface area contributed by atoms with E-state index in [1.807, 2.05) is 4.90 Å². The van der Waals surface area contributed by atoms with Crippen molar-refractivity contribution in [2.24, 2.45) is 5.92 Å². The molecule has 1 saturated heterocycles. The number of pyridine rings is 1. The van der Waals surface area contributed by atoms with Crippen molar-refractivity contribution < 1.29 is 19.1 Å². The molecule has 0 amide bonds. The largest absolute Gasteiger partial charge is 0.481 e. The first-order chi connectivity index (χ1) is 11.4. The number of nitrogens with zero attached hydrogens (tertiary/aromatic N) is 3. The van der Waals surface area contributed by atoms with E-state index in [0.717, 1.165) is 0 Å². The molecule has 0 unspecified atom stereocenters. The number of hydrogen-bond donors (Lipinski definition) is 3. The SMILES string of the molecule is COc1cc2cn[nH]c(=O)c2c(N2CCC(CP(=O)(O)O)CC2)n1. The first kappa shape index (κ1) is 16.9. The van der Waals surface area contributed by atoms with E-state index in [9.17, 15) is 9.36 Å². The second-order valence-corrected chi connectivity index (χ2v) is 7.62. The van der Waals surface area contributed by atoms with Crippen molar-refractivity contribution in [3.05, 3.63) is 22.6 Å². The van der Waals surface area contributed by atoms with Crippen molar-refractivity contribution in [3.8, 4) is 5.88 Å². The van der Waals surface area contributed by atoms with Crippen LogP contribution >= 0.6 is 7.60 Å². The van der Waals surface area contributed by atoms with Crippen LogP contribution in [0.25, 0.3) is 10.8 Å². The van der Waals surface area contributed by atoms with Crippen molar-refractivity contribution in [3.63, 3.8) is 0 Å². The van der Waals surface area contributed by atoms with Crippen molar-refractivity contribution in [2.45, 2.75) is 12.8 Å². The average Bonchev–Trinajstić information content (AvgIpc) is 2.53. The number of H-pyrrole nitrogens is 1. The predicted octanol–water partition coefficient (Wildman–Crippen LogP) is 0.721. The summed E-state index contributed by atoms with van der Waals surface area (Å²) in [7, 11) is -2.50. The number of rotatable bonds is 4. The van der Waals surface area contributed by atoms with Crippen LogP contribution < -0.4 is 15.2 Å². The summed E-state index contributed by atoms with van der Waals surface area (Å²) in [6, 6.07) is 1.65. The maximum Gasteiger partial charge on any atom is 0.325 e. The number of nitrogens with one attached hydrogen (secondary N) is 1. The van der Waals surface area contributed by atoms with E-state index in [4.69, 9.17) is 14.5 Å². The predicted molar refractivity (Wildman–Crippen MR) is 88.6 cm³/mol. The Labute approximate surface area is 137 Å². The maximum absolute atomic E-state index is 12.2. The molecule has 130 valence electrons. The molecule has 0 bridgehead atoms. The van der Waals surface area contributed by atoms with Gasteiger partial charge in [-0.1, -0.05) is 0 Å². The third-order valence-corrected chi connectivity index (χ3v) is 5.22. The molecule has 1 aliphatic rings. The Kier molecular flexibility index (Phi) is 4.58. The van der Waals surface area contributed by atoms with Gasteiger partial charge in [0.2, 0.25) is 5.88 Å². The first-order valence-electron chi connectivity index (χ1n) is 7.59. The summed E-state index contributed by atoms with van der Waals surface area (Å²) in [4.78, 5) is 36.8. The molecule has 2 aromatic rings. The molecule has 0 atom stereocenters. The van der Waals surface area contributed by atoms with Crippen LogP contribution in [0.1, 0.15) is 12.8 Å². The molecule has 0 aromatic carbocycles. The fourth-order valence-corrected chi connectivity index (χ4v) is 4.11. The van der Waals surface area contributed by atoms with Gasteiger partial charge in [0.15, 0.2) is 0 Å². The smallest absolute Gasteiger partial charge is 0.325 e. The van der Waals surface area contributed by atoms with Gasteiger partial charge in [0, 0.05) is 24.5 Å². The van der Waals surface area contributed by atoms with Crippen LogP contribution in [0.15, 0.2) is 17.1 Å². The maximum atomic E-state index is 12.2. The minimum absolute atomic E-state index is 0.0288. The summed E-state index contributed by atoms with van der Waals surface area (Å²) >= 11 is 0. The quantitative estimate of drug-likeness (QED) is 0.685. The zero-order valence-electron chi connectivity index (χ0n) is 13.2. The molecule has 3 rings (SSSR count). The fourth-order valence-electron chi connectivity index (χ4n) is 3.07. The topological polar surface area (TPSA) is 129 Å². The van der Waals surface area contributed by atoms with Gasteiger partial charge in [0.05, 0.1) is 24.9 Å². The first-order valence-corrected chi connectivity index (χ1v) is 9.39. The second kappa shape index (κ2) is 6.51. The Hall–Kier alpha value is -1.96. The van der Waals surface area contributed by atoms with Crippen LogP contribution in [0.3, 0.4) is 0 Å². The van der Waals surface area contributed by atoms with Gasteiger partial charge in [-0.25, -0.2) is 5.10 Å². The number of piperidine rings is 1. The molecule has 0 radical (unpaired) electrons. The normalized spacial score (nSPS) is 16.5. The Morgan fingerprint density at radius 3 is 2.75 bits per heavy atom. The van der Waals surface area contributed by atoms with Crippen LogP contribution in [-0.4, -0.2) is 51.3 Å². The van der Waals surface area contributed by atoms with Gasteiger partial charge in [-0.05, 0) is 18.8 Å². The number of aromatic amines is 1. The highest BCUT2D eigenvalue weighted by Crippen LogP contribution is 2.40. The van der Waals surface area contributed by atoms with Gasteiger partial charge < -0.3 is 19.4 Å². The molecule has 3 heterocycles. The van der Waals surface area contributed by atoms with Crippen LogP contribution in [0, 0.1) is 5.92 Å². The third-order valence-electron chi connectivity index (χ3n) is 4.22. The lowest BCUT2D eigenvalue weighted by atomic mass is 9.98. The van der Waals surface area contributed by atoms with Crippen LogP contribution in [0.4, 0.5) is 5.82 Å². The number of anilines is 1. The van der Waals surface area contributed by atoms with E-state index in [-0.39, 0.29) is 17.6 Å². The summed E-state index contributed by atoms with van der Waals surface area (Å²) in [5, 5.41) is 7.30. The molecule has 0 spiro atoms. The lowest BCUT2D eigenvalue weighted by Gasteiger charge is -2.33. The molecule has 24 heavy (non-hydrogen) atoms. The van der Waals surface area contributed by atoms with Gasteiger partial charge in [-0.3, -0.25) is 9.36 Å². The molecule has 0 aliphatic carbocycles. The zero-order valence-corrected chi connectivity index (χ0v) is 14.1. The monoisotopic (exact) mass is 354 g/mol. The Morgan fingerprint density at radius 1 is 1.42 bits per heavy atom. The molecular weight excluding hydrogens is 335 g/mol. The van der Waals surface area contributed by atoms with Crippen molar-refractivity contribution >= 4 is 24.2 Å². The number of ether oxygens (including phenoxy) is 1. The minimum atomic E-state index is -4.00. The molecule has 1 fully saturated rings. The number of methoxy groups -OCH3 is 1. The van der Waals surface area contributed by atoms with Crippen LogP contribution in [-0.2, 0) is 4.57 Å². The molecule has 3 N–H and O–H groups in total. The third kappa shape index (κ3) is 3.58. The van der Waals surface area contributed by atoms with Gasteiger partial charge in [0.25, 0.3) is 5.56 Å². The molecule has 10 heteroatoms. The van der Waals surface area contributed by atoms with Gasteiger partial charge in [0.1, 0.15) is 5.82 Å². The zero-order chi connectivity index (χ0) is 17.3. The second-order valence-electron chi connectivity index (χ2n) is 5.93. The van der Waals surface area contributed by atoms with Gasteiger partial charge >= 0.3 is 7.60 Å². The molecule has 2 aromatic heterocycles. The lowest BCUT2D eigenvalue weighted by molar-refractivity contribution is 0.346. The minimum Gasteiger partial charge on any atom is -0.481 e. The molecule has 1 aliphatic heterocycles. The Bertz CT molecular complexity index is 841. The highest BCUT2D eigenvalue weighted by molar-refractivity contribution is 7.51. The van der Waals surface area contributed by atoms with Crippen molar-refractivity contribution in [2.75, 3.05) is 31.3 Å². The molecule has 0 saturated carbocycles. The number of aromatic nitrogens is 3. The van der Waals surface area contributed by atoms with E-state index in [1.165, 1.54) is 7.11 Å². The van der Waals surface area contributed by atoms with E-state index < -0.39 is 7.60 Å². The van der Waals surface area contributed by atoms with Crippen LogP contribution in [0.2, 0.25) is 0 Å². The summed E-state index contributed by atoms with van der Waals surface area (Å²) in [5.74, 6) is 0.878. The average molecular weight is 354 g/mol. The van der Waals surface area contributed by atoms with Gasteiger partial charge in [-0.15, -0.1) is 0 Å². The highest BCUT2D eigenvalue weighted by Gasteiger charge is 2.27. The van der Waals surface area contributed by atoms with E-state index in [2.05, 4.69) is 15.2 Å². The molecular formula is C14H19N4O5P. The van der Waals surface area contributed by atoms with Crippen LogP contribution in [0.5, 0.6) is 5.88 Å². The van der Waals surface area contributed by atoms with Gasteiger partial charge in [-0.2, -0.15) is 10.1 Å². The number of hydrogen-bond acceptors (Lipinski definition) is 6. The van der Waals surface area contributed by atoms with Crippen molar-refractivity contribution in [1.82, 2.24) is 15.2 Å². The fraction of sp³-hybridized carbons (Fsp3) is 0.500. The highest BCUT2D eigenvalue weighted by atomic mass is 31.2. The summed E-state index contributed by atoms with van der Waals surface area (Å²) in [6.07, 6.45) is 2.71. The summed E-state index contributed by atoms with van der Waals surface area (Å²) in [6.45, 7) is 1.14.